The van der Waals surface area contributed by atoms with Crippen molar-refractivity contribution in [2.24, 2.45) is 0 Å². The van der Waals surface area contributed by atoms with Crippen LogP contribution in [0.25, 0.3) is 0 Å². The smallest absolute Gasteiger partial charge is 0.244 e. The second kappa shape index (κ2) is 14.7. The van der Waals surface area contributed by atoms with Crippen LogP contribution >= 0.6 is 15.9 Å². The Labute approximate surface area is 262 Å². The van der Waals surface area contributed by atoms with Crippen LogP contribution in [0.1, 0.15) is 38.3 Å². The summed E-state index contributed by atoms with van der Waals surface area (Å²) in [7, 11) is -3.89. The Morgan fingerprint density at radius 3 is 2.26 bits per heavy atom. The Balaban J connectivity index is 1.75. The van der Waals surface area contributed by atoms with Gasteiger partial charge in [0.2, 0.25) is 21.8 Å². The Hall–Kier alpha value is -3.57. The molecule has 1 aliphatic heterocycles. The third-order valence-corrected chi connectivity index (χ3v) is 9.60. The first-order chi connectivity index (χ1) is 20.6. The average Bonchev–Trinajstić information content (AvgIpc) is 3.02. The maximum Gasteiger partial charge on any atom is 0.244 e. The summed E-state index contributed by atoms with van der Waals surface area (Å²) < 4.78 is 40.1. The molecule has 43 heavy (non-hydrogen) atoms. The van der Waals surface area contributed by atoms with Gasteiger partial charge in [0, 0.05) is 29.5 Å². The second-order valence-electron chi connectivity index (χ2n) is 10.4. The number of sulfonamides is 1. The molecular formula is C32H38BrN3O6S. The minimum atomic E-state index is -3.89. The van der Waals surface area contributed by atoms with Crippen LogP contribution in [0.5, 0.6) is 11.5 Å². The number of carbonyl (C=O) groups excluding carboxylic acids is 2. The molecule has 3 aromatic rings. The quantitative estimate of drug-likeness (QED) is 0.276. The van der Waals surface area contributed by atoms with Crippen LogP contribution in [0.15, 0.2) is 77.3 Å². The molecule has 0 aromatic heterocycles. The molecule has 0 saturated heterocycles. The van der Waals surface area contributed by atoms with Gasteiger partial charge in [-0.1, -0.05) is 65.3 Å². The van der Waals surface area contributed by atoms with Crippen molar-refractivity contribution in [1.29, 1.82) is 0 Å². The normalized spacial score (nSPS) is 14.0. The van der Waals surface area contributed by atoms with E-state index in [-0.39, 0.29) is 36.4 Å². The van der Waals surface area contributed by atoms with Crippen molar-refractivity contribution in [2.75, 3.05) is 29.8 Å². The van der Waals surface area contributed by atoms with Gasteiger partial charge in [-0.3, -0.25) is 13.9 Å². The van der Waals surface area contributed by atoms with Crippen molar-refractivity contribution in [3.05, 3.63) is 88.4 Å². The van der Waals surface area contributed by atoms with Crippen LogP contribution < -0.4 is 19.1 Å². The van der Waals surface area contributed by atoms with E-state index >= 15 is 0 Å². The van der Waals surface area contributed by atoms with Gasteiger partial charge >= 0.3 is 0 Å². The maximum atomic E-state index is 14.3. The van der Waals surface area contributed by atoms with E-state index in [0.717, 1.165) is 26.3 Å². The van der Waals surface area contributed by atoms with Crippen molar-refractivity contribution in [3.63, 3.8) is 0 Å². The molecule has 0 bridgehead atoms. The molecule has 1 heterocycles. The van der Waals surface area contributed by atoms with E-state index in [4.69, 9.17) is 9.47 Å². The minimum Gasteiger partial charge on any atom is -0.486 e. The van der Waals surface area contributed by atoms with Crippen LogP contribution in [0.4, 0.5) is 5.69 Å². The summed E-state index contributed by atoms with van der Waals surface area (Å²) in [5, 5.41) is 3.04. The minimum absolute atomic E-state index is 0.106. The summed E-state index contributed by atoms with van der Waals surface area (Å²) >= 11 is 3.45. The summed E-state index contributed by atoms with van der Waals surface area (Å²) in [6.07, 6.45) is 0.979. The maximum absolute atomic E-state index is 14.3. The molecule has 230 valence electrons. The molecule has 0 saturated carbocycles. The monoisotopic (exact) mass is 671 g/mol. The highest BCUT2D eigenvalue weighted by Crippen LogP contribution is 2.35. The number of hydrogen-bond donors (Lipinski definition) is 1. The third kappa shape index (κ3) is 8.51. The first-order valence-corrected chi connectivity index (χ1v) is 16.8. The molecule has 0 aliphatic carbocycles. The van der Waals surface area contributed by atoms with Gasteiger partial charge in [-0.2, -0.15) is 0 Å². The summed E-state index contributed by atoms with van der Waals surface area (Å²) in [6, 6.07) is 20.8. The number of fused-ring (bicyclic) bond motifs is 1. The van der Waals surface area contributed by atoms with Gasteiger partial charge in [-0.05, 0) is 55.7 Å². The zero-order chi connectivity index (χ0) is 31.0. The van der Waals surface area contributed by atoms with Gasteiger partial charge in [-0.15, -0.1) is 0 Å². The summed E-state index contributed by atoms with van der Waals surface area (Å²) in [4.78, 5) is 29.6. The van der Waals surface area contributed by atoms with Crippen molar-refractivity contribution >= 4 is 43.5 Å². The number of rotatable bonds is 13. The van der Waals surface area contributed by atoms with Gasteiger partial charge in [0.25, 0.3) is 0 Å². The van der Waals surface area contributed by atoms with Crippen LogP contribution in [-0.2, 0) is 32.6 Å². The highest BCUT2D eigenvalue weighted by molar-refractivity contribution is 9.10. The van der Waals surface area contributed by atoms with Gasteiger partial charge in [0.15, 0.2) is 11.5 Å². The van der Waals surface area contributed by atoms with Crippen LogP contribution in [0.2, 0.25) is 0 Å². The molecule has 9 nitrogen and oxygen atoms in total. The molecular weight excluding hydrogens is 634 g/mol. The van der Waals surface area contributed by atoms with E-state index in [1.165, 1.54) is 11.8 Å². The number of nitrogens with one attached hydrogen (secondary N) is 1. The zero-order valence-corrected chi connectivity index (χ0v) is 27.1. The SMILES string of the molecule is CC[C@H](C)NC(=O)[C@H](Cc1ccccc1)N(Cc1ccc(Br)cc1)C(=O)CN(c1ccc2c(c1)OCCO2)S(=O)(=O)CC. The van der Waals surface area contributed by atoms with Gasteiger partial charge in [0.05, 0.1) is 11.4 Å². The molecule has 3 aromatic carbocycles. The third-order valence-electron chi connectivity index (χ3n) is 7.33. The lowest BCUT2D eigenvalue weighted by Gasteiger charge is -2.34. The van der Waals surface area contributed by atoms with Gasteiger partial charge in [-0.25, -0.2) is 8.42 Å². The number of halogens is 1. The topological polar surface area (TPSA) is 105 Å². The van der Waals surface area contributed by atoms with E-state index < -0.39 is 28.5 Å². The average molecular weight is 673 g/mol. The number of anilines is 1. The number of carbonyl (C=O) groups is 2. The summed E-state index contributed by atoms with van der Waals surface area (Å²) in [5.74, 6) is -0.0997. The zero-order valence-electron chi connectivity index (χ0n) is 24.7. The lowest BCUT2D eigenvalue weighted by atomic mass is 10.0. The summed E-state index contributed by atoms with van der Waals surface area (Å²) in [6.45, 7) is 5.77. The van der Waals surface area contributed by atoms with Crippen molar-refractivity contribution in [3.8, 4) is 11.5 Å². The Kier molecular flexibility index (Phi) is 11.1. The number of benzene rings is 3. The highest BCUT2D eigenvalue weighted by atomic mass is 79.9. The molecule has 0 spiro atoms. The molecule has 4 rings (SSSR count). The fourth-order valence-electron chi connectivity index (χ4n) is 4.69. The molecule has 0 fully saturated rings. The first kappa shape index (κ1) is 32.3. The Bertz CT molecular complexity index is 1500. The lowest BCUT2D eigenvalue weighted by molar-refractivity contribution is -0.140. The number of amides is 2. The van der Waals surface area contributed by atoms with E-state index in [1.807, 2.05) is 68.4 Å². The van der Waals surface area contributed by atoms with Crippen LogP contribution in [0.3, 0.4) is 0 Å². The highest BCUT2D eigenvalue weighted by Gasteiger charge is 2.34. The van der Waals surface area contributed by atoms with Crippen molar-refractivity contribution < 1.29 is 27.5 Å². The number of nitrogens with zero attached hydrogens (tertiary/aromatic N) is 2. The molecule has 1 aliphatic rings. The fraction of sp³-hybridized carbons (Fsp3) is 0.375. The molecule has 0 unspecified atom stereocenters. The molecule has 2 atom stereocenters. The predicted octanol–water partition coefficient (Wildman–Crippen LogP) is 4.93. The Morgan fingerprint density at radius 1 is 0.930 bits per heavy atom. The van der Waals surface area contributed by atoms with Crippen LogP contribution in [-0.4, -0.2) is 62.7 Å². The standard InChI is InChI=1S/C32H38BrN3O6S/c1-4-23(3)34-32(38)28(19-24-9-7-6-8-10-24)35(21-25-11-13-26(33)14-12-25)31(37)22-36(43(39,40)5-2)27-15-16-29-30(20-27)42-18-17-41-29/h6-16,20,23,28H,4-5,17-19,21-22H2,1-3H3,(H,34,38)/t23-,28-/m0/s1. The van der Waals surface area contributed by atoms with E-state index in [2.05, 4.69) is 21.2 Å². The van der Waals surface area contributed by atoms with Gasteiger partial charge < -0.3 is 19.7 Å². The molecule has 0 radical (unpaired) electrons. The van der Waals surface area contributed by atoms with E-state index in [1.54, 1.807) is 18.2 Å². The summed E-state index contributed by atoms with van der Waals surface area (Å²) in [5.41, 5.74) is 1.96. The first-order valence-electron chi connectivity index (χ1n) is 14.4. The predicted molar refractivity (Wildman–Crippen MR) is 171 cm³/mol. The molecule has 2 amide bonds. The Morgan fingerprint density at radius 2 is 1.60 bits per heavy atom. The lowest BCUT2D eigenvalue weighted by Crippen LogP contribution is -2.54. The number of ether oxygens (including phenoxy) is 2. The van der Waals surface area contributed by atoms with Gasteiger partial charge in [0.1, 0.15) is 25.8 Å². The van der Waals surface area contributed by atoms with E-state index in [9.17, 15) is 18.0 Å². The van der Waals surface area contributed by atoms with E-state index in [0.29, 0.717) is 24.7 Å². The molecule has 1 N–H and O–H groups in total. The van der Waals surface area contributed by atoms with Crippen molar-refractivity contribution in [1.82, 2.24) is 10.2 Å². The number of hydrogen-bond acceptors (Lipinski definition) is 6. The fourth-order valence-corrected chi connectivity index (χ4v) is 6.01. The van der Waals surface area contributed by atoms with Crippen LogP contribution in [0, 0.1) is 0 Å². The largest absolute Gasteiger partial charge is 0.486 e. The second-order valence-corrected chi connectivity index (χ2v) is 13.5. The van der Waals surface area contributed by atoms with Crippen molar-refractivity contribution in [2.45, 2.75) is 52.2 Å². The molecule has 11 heteroatoms.